The largest absolute Gasteiger partial charge is 0.507 e. The second-order valence-corrected chi connectivity index (χ2v) is 5.64. The van der Waals surface area contributed by atoms with Gasteiger partial charge in [0, 0.05) is 0 Å². The SMILES string of the molecule is Cc1cc(C(C)(C)C)cc(C(C)C)c1O. The Labute approximate surface area is 93.1 Å². The van der Waals surface area contributed by atoms with E-state index in [0.29, 0.717) is 11.7 Å². The lowest BCUT2D eigenvalue weighted by molar-refractivity contribution is 0.459. The molecular formula is C14H22O. The van der Waals surface area contributed by atoms with Crippen molar-refractivity contribution in [2.45, 2.75) is 52.9 Å². The monoisotopic (exact) mass is 206 g/mol. The van der Waals surface area contributed by atoms with E-state index in [1.165, 1.54) is 5.56 Å². The van der Waals surface area contributed by atoms with E-state index < -0.39 is 0 Å². The standard InChI is InChI=1S/C14H22O/c1-9(2)12-8-11(14(4,5)6)7-10(3)13(12)15/h7-9,15H,1-6H3. The Bertz CT molecular complexity index is 356. The van der Waals surface area contributed by atoms with Crippen molar-refractivity contribution in [2.24, 2.45) is 0 Å². The molecule has 0 atom stereocenters. The summed E-state index contributed by atoms with van der Waals surface area (Å²) in [5.41, 5.74) is 3.47. The zero-order valence-corrected chi connectivity index (χ0v) is 10.7. The number of phenols is 1. The molecule has 0 aromatic heterocycles. The van der Waals surface area contributed by atoms with Crippen molar-refractivity contribution >= 4 is 0 Å². The minimum Gasteiger partial charge on any atom is -0.507 e. The van der Waals surface area contributed by atoms with E-state index in [-0.39, 0.29) is 5.41 Å². The van der Waals surface area contributed by atoms with Crippen LogP contribution in [-0.2, 0) is 5.41 Å². The zero-order valence-electron chi connectivity index (χ0n) is 10.7. The number of hydrogen-bond donors (Lipinski definition) is 1. The van der Waals surface area contributed by atoms with Crippen LogP contribution in [0.25, 0.3) is 0 Å². The first kappa shape index (κ1) is 12.1. The lowest BCUT2D eigenvalue weighted by Gasteiger charge is -2.22. The Kier molecular flexibility index (Phi) is 3.13. The van der Waals surface area contributed by atoms with Gasteiger partial charge in [0.15, 0.2) is 0 Å². The molecule has 0 fully saturated rings. The fraction of sp³-hybridized carbons (Fsp3) is 0.571. The third kappa shape index (κ3) is 2.53. The van der Waals surface area contributed by atoms with Gasteiger partial charge in [-0.1, -0.05) is 46.8 Å². The minimum atomic E-state index is 0.141. The molecule has 0 amide bonds. The molecule has 1 rings (SSSR count). The van der Waals surface area contributed by atoms with Crippen molar-refractivity contribution in [3.8, 4) is 5.75 Å². The van der Waals surface area contributed by atoms with Crippen molar-refractivity contribution < 1.29 is 5.11 Å². The molecule has 15 heavy (non-hydrogen) atoms. The van der Waals surface area contributed by atoms with Crippen molar-refractivity contribution in [3.05, 3.63) is 28.8 Å². The summed E-state index contributed by atoms with van der Waals surface area (Å²) < 4.78 is 0. The quantitative estimate of drug-likeness (QED) is 0.732. The Morgan fingerprint density at radius 2 is 1.67 bits per heavy atom. The van der Waals surface area contributed by atoms with Crippen LogP contribution in [0.1, 0.15) is 57.2 Å². The molecule has 1 nitrogen and oxygen atoms in total. The predicted octanol–water partition coefficient (Wildman–Crippen LogP) is 4.12. The Morgan fingerprint density at radius 1 is 1.13 bits per heavy atom. The lowest BCUT2D eigenvalue weighted by atomic mass is 9.83. The van der Waals surface area contributed by atoms with Crippen molar-refractivity contribution in [1.29, 1.82) is 0 Å². The molecule has 0 bridgehead atoms. The van der Waals surface area contributed by atoms with Gasteiger partial charge in [0.2, 0.25) is 0 Å². The molecule has 0 aliphatic carbocycles. The van der Waals surface area contributed by atoms with E-state index in [4.69, 9.17) is 0 Å². The molecule has 0 saturated carbocycles. The van der Waals surface area contributed by atoms with Gasteiger partial charge >= 0.3 is 0 Å². The number of rotatable bonds is 1. The Balaban J connectivity index is 3.36. The summed E-state index contributed by atoms with van der Waals surface area (Å²) >= 11 is 0. The number of aryl methyl sites for hydroxylation is 1. The van der Waals surface area contributed by atoms with Gasteiger partial charge in [-0.25, -0.2) is 0 Å². The molecule has 0 aliphatic rings. The van der Waals surface area contributed by atoms with Gasteiger partial charge in [-0.15, -0.1) is 0 Å². The van der Waals surface area contributed by atoms with Gasteiger partial charge in [0.1, 0.15) is 5.75 Å². The van der Waals surface area contributed by atoms with Gasteiger partial charge in [-0.2, -0.15) is 0 Å². The highest BCUT2D eigenvalue weighted by molar-refractivity contribution is 5.46. The van der Waals surface area contributed by atoms with E-state index in [2.05, 4.69) is 46.8 Å². The molecule has 1 aromatic rings. The molecule has 0 radical (unpaired) electrons. The van der Waals surface area contributed by atoms with E-state index in [9.17, 15) is 5.11 Å². The Hall–Kier alpha value is -0.980. The van der Waals surface area contributed by atoms with Crippen LogP contribution in [0.15, 0.2) is 12.1 Å². The first-order valence-electron chi connectivity index (χ1n) is 5.57. The van der Waals surface area contributed by atoms with Crippen LogP contribution >= 0.6 is 0 Å². The van der Waals surface area contributed by atoms with Crippen molar-refractivity contribution in [1.82, 2.24) is 0 Å². The molecule has 1 aromatic carbocycles. The highest BCUT2D eigenvalue weighted by Crippen LogP contribution is 2.34. The van der Waals surface area contributed by atoms with Gasteiger partial charge in [0.05, 0.1) is 0 Å². The maximum Gasteiger partial charge on any atom is 0.121 e. The van der Waals surface area contributed by atoms with Gasteiger partial charge in [0.25, 0.3) is 0 Å². The average molecular weight is 206 g/mol. The van der Waals surface area contributed by atoms with Gasteiger partial charge in [-0.3, -0.25) is 0 Å². The van der Waals surface area contributed by atoms with Crippen LogP contribution in [0.4, 0.5) is 0 Å². The molecule has 0 aliphatic heterocycles. The summed E-state index contributed by atoms with van der Waals surface area (Å²) in [5.74, 6) is 0.823. The molecule has 84 valence electrons. The molecule has 1 N–H and O–H groups in total. The summed E-state index contributed by atoms with van der Waals surface area (Å²) in [6.45, 7) is 12.8. The molecule has 0 spiro atoms. The van der Waals surface area contributed by atoms with E-state index in [0.717, 1.165) is 11.1 Å². The maximum atomic E-state index is 9.96. The number of benzene rings is 1. The summed E-state index contributed by atoms with van der Waals surface area (Å²) in [6, 6.07) is 4.22. The third-order valence-corrected chi connectivity index (χ3v) is 2.82. The highest BCUT2D eigenvalue weighted by atomic mass is 16.3. The first-order valence-corrected chi connectivity index (χ1v) is 5.57. The van der Waals surface area contributed by atoms with E-state index >= 15 is 0 Å². The van der Waals surface area contributed by atoms with Crippen LogP contribution in [0.5, 0.6) is 5.75 Å². The lowest BCUT2D eigenvalue weighted by Crippen LogP contribution is -2.12. The fourth-order valence-corrected chi connectivity index (χ4v) is 1.68. The van der Waals surface area contributed by atoms with Crippen molar-refractivity contribution in [2.75, 3.05) is 0 Å². The number of aromatic hydroxyl groups is 1. The second-order valence-electron chi connectivity index (χ2n) is 5.64. The Morgan fingerprint density at radius 3 is 2.07 bits per heavy atom. The molecule has 0 unspecified atom stereocenters. The maximum absolute atomic E-state index is 9.96. The normalized spacial score (nSPS) is 12.2. The molecule has 1 heteroatoms. The first-order chi connectivity index (χ1) is 6.73. The second kappa shape index (κ2) is 3.88. The highest BCUT2D eigenvalue weighted by Gasteiger charge is 2.18. The predicted molar refractivity (Wildman–Crippen MR) is 65.6 cm³/mol. The number of phenolic OH excluding ortho intramolecular Hbond substituents is 1. The third-order valence-electron chi connectivity index (χ3n) is 2.82. The summed E-state index contributed by atoms with van der Waals surface area (Å²) in [5, 5.41) is 9.96. The summed E-state index contributed by atoms with van der Waals surface area (Å²) in [6.07, 6.45) is 0. The smallest absolute Gasteiger partial charge is 0.121 e. The van der Waals surface area contributed by atoms with Crippen LogP contribution in [-0.4, -0.2) is 5.11 Å². The van der Waals surface area contributed by atoms with Crippen LogP contribution in [0, 0.1) is 6.92 Å². The van der Waals surface area contributed by atoms with Crippen LogP contribution in [0.3, 0.4) is 0 Å². The fourth-order valence-electron chi connectivity index (χ4n) is 1.68. The van der Waals surface area contributed by atoms with Crippen LogP contribution < -0.4 is 0 Å². The number of hydrogen-bond acceptors (Lipinski definition) is 1. The van der Waals surface area contributed by atoms with E-state index in [1.807, 2.05) is 6.92 Å². The van der Waals surface area contributed by atoms with E-state index in [1.54, 1.807) is 0 Å². The summed E-state index contributed by atoms with van der Waals surface area (Å²) in [7, 11) is 0. The average Bonchev–Trinajstić information content (AvgIpc) is 2.06. The van der Waals surface area contributed by atoms with Gasteiger partial charge in [-0.05, 0) is 34.9 Å². The molecule has 0 saturated heterocycles. The topological polar surface area (TPSA) is 20.2 Å². The molecular weight excluding hydrogens is 184 g/mol. The zero-order chi connectivity index (χ0) is 11.8. The minimum absolute atomic E-state index is 0.141. The summed E-state index contributed by atoms with van der Waals surface area (Å²) in [4.78, 5) is 0. The van der Waals surface area contributed by atoms with Crippen molar-refractivity contribution in [3.63, 3.8) is 0 Å². The van der Waals surface area contributed by atoms with Gasteiger partial charge < -0.3 is 5.11 Å². The molecule has 0 heterocycles. The van der Waals surface area contributed by atoms with Crippen LogP contribution in [0.2, 0.25) is 0 Å².